The van der Waals surface area contributed by atoms with E-state index in [1.807, 2.05) is 0 Å². The zero-order chi connectivity index (χ0) is 11.4. The van der Waals surface area contributed by atoms with Crippen molar-refractivity contribution in [3.8, 4) is 0 Å². The normalized spacial score (nSPS) is 12.1. The van der Waals surface area contributed by atoms with Gasteiger partial charge in [0.25, 0.3) is 0 Å². The first kappa shape index (κ1) is 11.6. The molecule has 1 unspecified atom stereocenters. The van der Waals surface area contributed by atoms with E-state index in [1.165, 1.54) is 6.07 Å². The Morgan fingerprint density at radius 3 is 2.53 bits per heavy atom. The third kappa shape index (κ3) is 2.50. The summed E-state index contributed by atoms with van der Waals surface area (Å²) in [6, 6.07) is 3.16. The Morgan fingerprint density at radius 1 is 1.47 bits per heavy atom. The number of carbonyl (C=O) groups excluding carboxylic acids is 2. The molecule has 0 aliphatic carbocycles. The van der Waals surface area contributed by atoms with Gasteiger partial charge in [-0.2, -0.15) is 0 Å². The number of carbonyl (C=O) groups is 3. The van der Waals surface area contributed by atoms with Gasteiger partial charge in [0.1, 0.15) is 5.92 Å². The van der Waals surface area contributed by atoms with E-state index in [-0.39, 0.29) is 6.42 Å². The van der Waals surface area contributed by atoms with Crippen LogP contribution in [0.2, 0.25) is 0 Å². The number of aliphatic carboxylic acids is 1. The predicted molar refractivity (Wildman–Crippen MR) is 55.1 cm³/mol. The van der Waals surface area contributed by atoms with E-state index in [1.54, 1.807) is 18.4 Å². The zero-order valence-corrected chi connectivity index (χ0v) is 8.91. The molecule has 0 spiro atoms. The number of hydrogen-bond donors (Lipinski definition) is 1. The van der Waals surface area contributed by atoms with Gasteiger partial charge in [-0.25, -0.2) is 0 Å². The Labute approximate surface area is 90.5 Å². The number of hydrogen-bond acceptors (Lipinski definition) is 4. The molecule has 1 rings (SSSR count). The lowest BCUT2D eigenvalue weighted by Gasteiger charge is -2.05. The second-order valence-corrected chi connectivity index (χ2v) is 3.92. The topological polar surface area (TPSA) is 71.4 Å². The van der Waals surface area contributed by atoms with Gasteiger partial charge in [0.05, 0.1) is 4.88 Å². The van der Waals surface area contributed by atoms with E-state index >= 15 is 0 Å². The van der Waals surface area contributed by atoms with Gasteiger partial charge in [0.15, 0.2) is 0 Å². The third-order valence-electron chi connectivity index (χ3n) is 1.99. The second-order valence-electron chi connectivity index (χ2n) is 2.97. The average Bonchev–Trinajstić information content (AvgIpc) is 2.69. The quantitative estimate of drug-likeness (QED) is 0.470. The maximum atomic E-state index is 11.5. The highest BCUT2D eigenvalue weighted by molar-refractivity contribution is 7.13. The molecule has 0 saturated heterocycles. The van der Waals surface area contributed by atoms with Crippen LogP contribution in [0.3, 0.4) is 0 Å². The van der Waals surface area contributed by atoms with E-state index < -0.39 is 23.5 Å². The molecule has 0 aliphatic rings. The van der Waals surface area contributed by atoms with Crippen LogP contribution in [-0.2, 0) is 9.59 Å². The highest BCUT2D eigenvalue weighted by Gasteiger charge is 2.30. The summed E-state index contributed by atoms with van der Waals surface area (Å²) in [6.07, 6.45) is 0.130. The van der Waals surface area contributed by atoms with E-state index in [0.29, 0.717) is 4.88 Å². The molecule has 1 atom stereocenters. The Bertz CT molecular complexity index is 380. The largest absolute Gasteiger partial charge is 0.481 e. The first-order chi connectivity index (χ1) is 7.07. The van der Waals surface area contributed by atoms with E-state index in [0.717, 1.165) is 11.3 Å². The lowest BCUT2D eigenvalue weighted by atomic mass is 9.98. The van der Waals surface area contributed by atoms with Gasteiger partial charge in [-0.15, -0.1) is 11.3 Å². The molecule has 4 nitrogen and oxygen atoms in total. The summed E-state index contributed by atoms with van der Waals surface area (Å²) in [4.78, 5) is 34.0. The smallest absolute Gasteiger partial charge is 0.314 e. The molecule has 0 fully saturated rings. The van der Waals surface area contributed by atoms with Crippen LogP contribution in [0.4, 0.5) is 0 Å². The van der Waals surface area contributed by atoms with Crippen molar-refractivity contribution in [1.29, 1.82) is 0 Å². The van der Waals surface area contributed by atoms with Crippen molar-refractivity contribution in [1.82, 2.24) is 0 Å². The number of Topliss-reactive ketones (excluding diaryl/α,β-unsaturated/α-hetero) is 2. The van der Waals surface area contributed by atoms with E-state index in [9.17, 15) is 14.4 Å². The number of rotatable bonds is 5. The molecule has 15 heavy (non-hydrogen) atoms. The average molecular weight is 226 g/mol. The summed E-state index contributed by atoms with van der Waals surface area (Å²) in [7, 11) is 0. The maximum absolute atomic E-state index is 11.5. The number of carboxylic acid groups (broad SMARTS) is 1. The SMILES string of the molecule is CCC(C(=O)O)C(=O)C(=O)c1cccs1. The molecule has 1 aromatic heterocycles. The van der Waals surface area contributed by atoms with Crippen molar-refractivity contribution < 1.29 is 19.5 Å². The van der Waals surface area contributed by atoms with Crippen LogP contribution in [0, 0.1) is 5.92 Å². The molecule has 1 heterocycles. The summed E-state index contributed by atoms with van der Waals surface area (Å²) in [5, 5.41) is 10.4. The molecule has 5 heteroatoms. The first-order valence-corrected chi connectivity index (χ1v) is 5.30. The molecule has 0 radical (unpaired) electrons. The molecule has 1 aromatic rings. The van der Waals surface area contributed by atoms with Crippen LogP contribution >= 0.6 is 11.3 Å². The van der Waals surface area contributed by atoms with E-state index in [4.69, 9.17) is 5.11 Å². The Hall–Kier alpha value is -1.49. The molecular formula is C10H10O4S. The van der Waals surface area contributed by atoms with Crippen LogP contribution in [0.1, 0.15) is 23.0 Å². The van der Waals surface area contributed by atoms with Gasteiger partial charge >= 0.3 is 5.97 Å². The molecule has 1 N–H and O–H groups in total. The van der Waals surface area contributed by atoms with Gasteiger partial charge in [0, 0.05) is 0 Å². The highest BCUT2D eigenvalue weighted by Crippen LogP contribution is 2.14. The minimum Gasteiger partial charge on any atom is -0.481 e. The number of ketones is 2. The number of carboxylic acids is 1. The van der Waals surface area contributed by atoms with Crippen LogP contribution in [-0.4, -0.2) is 22.6 Å². The zero-order valence-electron chi connectivity index (χ0n) is 8.10. The lowest BCUT2D eigenvalue weighted by Crippen LogP contribution is -2.29. The lowest BCUT2D eigenvalue weighted by molar-refractivity contribution is -0.145. The monoisotopic (exact) mass is 226 g/mol. The second kappa shape index (κ2) is 4.84. The van der Waals surface area contributed by atoms with Crippen molar-refractivity contribution in [3.63, 3.8) is 0 Å². The molecule has 0 aliphatic heterocycles. The Morgan fingerprint density at radius 2 is 2.13 bits per heavy atom. The fourth-order valence-electron chi connectivity index (χ4n) is 1.16. The van der Waals surface area contributed by atoms with Crippen molar-refractivity contribution in [2.75, 3.05) is 0 Å². The van der Waals surface area contributed by atoms with Crippen LogP contribution in [0.25, 0.3) is 0 Å². The van der Waals surface area contributed by atoms with E-state index in [2.05, 4.69) is 0 Å². The summed E-state index contributed by atoms with van der Waals surface area (Å²) in [5.74, 6) is -4.02. The van der Waals surface area contributed by atoms with Crippen molar-refractivity contribution in [2.45, 2.75) is 13.3 Å². The summed E-state index contributed by atoms with van der Waals surface area (Å²) < 4.78 is 0. The van der Waals surface area contributed by atoms with Crippen LogP contribution in [0.15, 0.2) is 17.5 Å². The predicted octanol–water partition coefficient (Wildman–Crippen LogP) is 1.61. The van der Waals surface area contributed by atoms with Gasteiger partial charge < -0.3 is 5.11 Å². The minimum absolute atomic E-state index is 0.130. The Kier molecular flexibility index (Phi) is 3.74. The Balaban J connectivity index is 2.85. The standard InChI is InChI=1S/C10H10O4S/c1-2-6(10(13)14)8(11)9(12)7-4-3-5-15-7/h3-6H,2H2,1H3,(H,13,14). The number of thiophene rings is 1. The maximum Gasteiger partial charge on any atom is 0.314 e. The summed E-state index contributed by atoms with van der Waals surface area (Å²) in [6.45, 7) is 1.57. The van der Waals surface area contributed by atoms with Crippen LogP contribution in [0.5, 0.6) is 0 Å². The van der Waals surface area contributed by atoms with Crippen molar-refractivity contribution in [2.24, 2.45) is 5.92 Å². The highest BCUT2D eigenvalue weighted by atomic mass is 32.1. The van der Waals surface area contributed by atoms with Gasteiger partial charge in [-0.05, 0) is 17.9 Å². The van der Waals surface area contributed by atoms with Gasteiger partial charge in [0.2, 0.25) is 11.6 Å². The fraction of sp³-hybridized carbons (Fsp3) is 0.300. The summed E-state index contributed by atoms with van der Waals surface area (Å²) >= 11 is 1.14. The molecule has 0 bridgehead atoms. The minimum atomic E-state index is -1.24. The molecule has 80 valence electrons. The molecule has 0 saturated carbocycles. The van der Waals surface area contributed by atoms with Crippen molar-refractivity contribution >= 4 is 28.9 Å². The molecular weight excluding hydrogens is 216 g/mol. The summed E-state index contributed by atoms with van der Waals surface area (Å²) in [5.41, 5.74) is 0. The van der Waals surface area contributed by atoms with Gasteiger partial charge in [-0.1, -0.05) is 13.0 Å². The van der Waals surface area contributed by atoms with Gasteiger partial charge in [-0.3, -0.25) is 14.4 Å². The fourth-order valence-corrected chi connectivity index (χ4v) is 1.83. The van der Waals surface area contributed by atoms with Crippen molar-refractivity contribution in [3.05, 3.63) is 22.4 Å². The molecule has 0 aromatic carbocycles. The molecule has 0 amide bonds. The third-order valence-corrected chi connectivity index (χ3v) is 2.86. The first-order valence-electron chi connectivity index (χ1n) is 4.42. The van der Waals surface area contributed by atoms with Crippen LogP contribution < -0.4 is 0 Å².